The predicted octanol–water partition coefficient (Wildman–Crippen LogP) is 3.95. The summed E-state index contributed by atoms with van der Waals surface area (Å²) < 4.78 is 12.9. The summed E-state index contributed by atoms with van der Waals surface area (Å²) in [6.07, 6.45) is 0. The van der Waals surface area contributed by atoms with Gasteiger partial charge in [-0.1, -0.05) is 18.2 Å². The Balaban J connectivity index is 1.51. The number of aromatic nitrogens is 1. The van der Waals surface area contributed by atoms with Crippen molar-refractivity contribution in [2.45, 2.75) is 13.8 Å². The summed E-state index contributed by atoms with van der Waals surface area (Å²) in [6, 6.07) is 19.5. The van der Waals surface area contributed by atoms with Crippen molar-refractivity contribution in [2.24, 2.45) is 0 Å². The maximum Gasteiger partial charge on any atom is 0.178 e. The summed E-state index contributed by atoms with van der Waals surface area (Å²) in [6.45, 7) is 5.37. The highest BCUT2D eigenvalue weighted by Crippen LogP contribution is 2.21. The molecule has 0 saturated heterocycles. The highest BCUT2D eigenvalue weighted by molar-refractivity contribution is 5.99. The van der Waals surface area contributed by atoms with Crippen LogP contribution in [-0.2, 0) is 0 Å². The molecule has 0 aliphatic heterocycles. The van der Waals surface area contributed by atoms with Gasteiger partial charge in [0.15, 0.2) is 5.78 Å². The number of ketones is 1. The lowest BCUT2D eigenvalue weighted by atomic mass is 10.1. The van der Waals surface area contributed by atoms with E-state index in [-0.39, 0.29) is 12.3 Å². The first-order valence-electron chi connectivity index (χ1n) is 9.35. The zero-order chi connectivity index (χ0) is 19.9. The molecule has 1 aromatic heterocycles. The lowest BCUT2D eigenvalue weighted by Gasteiger charge is -2.10. The number of carbonyl (C=O) groups is 1. The molecular formula is C23H26N2O3. The van der Waals surface area contributed by atoms with E-state index in [0.717, 1.165) is 34.1 Å². The molecule has 1 N–H and O–H groups in total. The Kier molecular flexibility index (Phi) is 6.50. The summed E-state index contributed by atoms with van der Waals surface area (Å²) in [5, 5.41) is 3.16. The van der Waals surface area contributed by atoms with E-state index in [1.807, 2.05) is 74.5 Å². The van der Waals surface area contributed by atoms with Crippen LogP contribution in [0.25, 0.3) is 5.69 Å². The van der Waals surface area contributed by atoms with Gasteiger partial charge in [-0.3, -0.25) is 4.79 Å². The minimum atomic E-state index is 0.0831. The molecule has 5 heteroatoms. The van der Waals surface area contributed by atoms with E-state index in [0.29, 0.717) is 13.2 Å². The molecule has 0 saturated carbocycles. The van der Waals surface area contributed by atoms with Gasteiger partial charge in [0.05, 0.1) is 13.7 Å². The summed E-state index contributed by atoms with van der Waals surface area (Å²) in [4.78, 5) is 12.6. The van der Waals surface area contributed by atoms with Crippen molar-refractivity contribution in [3.05, 3.63) is 77.6 Å². The van der Waals surface area contributed by atoms with Crippen LogP contribution in [0.15, 0.2) is 60.7 Å². The van der Waals surface area contributed by atoms with Gasteiger partial charge < -0.3 is 19.4 Å². The number of Topliss-reactive ketones (excluding diaryl/α,β-unsaturated/α-hetero) is 1. The number of ether oxygens (including phenoxy) is 2. The Morgan fingerprint density at radius 1 is 1.00 bits per heavy atom. The molecule has 0 aliphatic rings. The highest BCUT2D eigenvalue weighted by Gasteiger charge is 2.16. The number of methoxy groups -OCH3 is 1. The van der Waals surface area contributed by atoms with Crippen LogP contribution in [0.4, 0.5) is 0 Å². The zero-order valence-electron chi connectivity index (χ0n) is 16.6. The van der Waals surface area contributed by atoms with Crippen LogP contribution in [0.3, 0.4) is 0 Å². The van der Waals surface area contributed by atoms with Gasteiger partial charge in [0.1, 0.15) is 18.1 Å². The summed E-state index contributed by atoms with van der Waals surface area (Å²) >= 11 is 0. The normalized spacial score (nSPS) is 10.7. The molecule has 0 aliphatic carbocycles. The van der Waals surface area contributed by atoms with Crippen molar-refractivity contribution in [1.29, 1.82) is 0 Å². The van der Waals surface area contributed by atoms with E-state index in [2.05, 4.69) is 9.88 Å². The average Bonchev–Trinajstić information content (AvgIpc) is 3.03. The number of aryl methyl sites for hydroxylation is 1. The van der Waals surface area contributed by atoms with Crippen molar-refractivity contribution in [3.8, 4) is 17.2 Å². The molecule has 0 unspecified atom stereocenters. The van der Waals surface area contributed by atoms with E-state index >= 15 is 0 Å². The smallest absolute Gasteiger partial charge is 0.178 e. The van der Waals surface area contributed by atoms with Crippen LogP contribution in [-0.4, -0.2) is 37.2 Å². The molecule has 3 aromatic rings. The van der Waals surface area contributed by atoms with Gasteiger partial charge in [-0.25, -0.2) is 0 Å². The van der Waals surface area contributed by atoms with Gasteiger partial charge in [0.25, 0.3) is 0 Å². The number of carbonyl (C=O) groups excluding carboxylic acids is 1. The third kappa shape index (κ3) is 4.61. The largest absolute Gasteiger partial charge is 0.497 e. The fourth-order valence-corrected chi connectivity index (χ4v) is 3.23. The Morgan fingerprint density at radius 2 is 1.68 bits per heavy atom. The predicted molar refractivity (Wildman–Crippen MR) is 111 cm³/mol. The van der Waals surface area contributed by atoms with Crippen LogP contribution in [0.2, 0.25) is 0 Å². The maximum atomic E-state index is 12.6. The molecule has 5 nitrogen and oxygen atoms in total. The van der Waals surface area contributed by atoms with Crippen LogP contribution in [0.1, 0.15) is 21.7 Å². The number of nitrogens with zero attached hydrogens (tertiary/aromatic N) is 1. The first-order valence-corrected chi connectivity index (χ1v) is 9.35. The SMILES string of the molecule is COc1ccc(OCCNCC(=O)c2cc(C)n(-c3ccccc3)c2C)cc1. The highest BCUT2D eigenvalue weighted by atomic mass is 16.5. The van der Waals surface area contributed by atoms with Crippen molar-refractivity contribution in [1.82, 2.24) is 9.88 Å². The molecule has 0 bridgehead atoms. The van der Waals surface area contributed by atoms with Crippen LogP contribution in [0.5, 0.6) is 11.5 Å². The van der Waals surface area contributed by atoms with E-state index in [1.54, 1.807) is 7.11 Å². The zero-order valence-corrected chi connectivity index (χ0v) is 16.6. The van der Waals surface area contributed by atoms with Gasteiger partial charge >= 0.3 is 0 Å². The fourth-order valence-electron chi connectivity index (χ4n) is 3.23. The monoisotopic (exact) mass is 378 g/mol. The molecule has 146 valence electrons. The number of rotatable bonds is 9. The average molecular weight is 378 g/mol. The second kappa shape index (κ2) is 9.24. The van der Waals surface area contributed by atoms with Gasteiger partial charge in [-0.2, -0.15) is 0 Å². The van der Waals surface area contributed by atoms with E-state index < -0.39 is 0 Å². The topological polar surface area (TPSA) is 52.5 Å². The van der Waals surface area contributed by atoms with Crippen LogP contribution >= 0.6 is 0 Å². The van der Waals surface area contributed by atoms with Gasteiger partial charge in [-0.15, -0.1) is 0 Å². The first-order chi connectivity index (χ1) is 13.6. The lowest BCUT2D eigenvalue weighted by Crippen LogP contribution is -2.27. The van der Waals surface area contributed by atoms with Crippen LogP contribution < -0.4 is 14.8 Å². The van der Waals surface area contributed by atoms with Crippen LogP contribution in [0, 0.1) is 13.8 Å². The van der Waals surface area contributed by atoms with Crippen molar-refractivity contribution in [2.75, 3.05) is 26.8 Å². The third-order valence-electron chi connectivity index (χ3n) is 4.64. The minimum Gasteiger partial charge on any atom is -0.497 e. The second-order valence-electron chi connectivity index (χ2n) is 6.58. The molecule has 0 fully saturated rings. The molecule has 0 atom stereocenters. The summed E-state index contributed by atoms with van der Waals surface area (Å²) in [7, 11) is 1.63. The number of hydrogen-bond donors (Lipinski definition) is 1. The first kappa shape index (κ1) is 19.7. The standard InChI is InChI=1S/C23H26N2O3/c1-17-15-22(18(2)25(17)19-7-5-4-6-8-19)23(26)16-24-13-14-28-21-11-9-20(27-3)10-12-21/h4-12,15,24H,13-14,16H2,1-3H3. The second-order valence-corrected chi connectivity index (χ2v) is 6.58. The molecule has 0 amide bonds. The molecule has 1 heterocycles. The van der Waals surface area contributed by atoms with Crippen molar-refractivity contribution < 1.29 is 14.3 Å². The Bertz CT molecular complexity index is 915. The molecule has 3 rings (SSSR count). The number of nitrogens with one attached hydrogen (secondary N) is 1. The number of para-hydroxylation sites is 1. The van der Waals surface area contributed by atoms with Gasteiger partial charge in [0.2, 0.25) is 0 Å². The van der Waals surface area contributed by atoms with Crippen molar-refractivity contribution in [3.63, 3.8) is 0 Å². The molecule has 0 radical (unpaired) electrons. The molecule has 0 spiro atoms. The third-order valence-corrected chi connectivity index (χ3v) is 4.64. The van der Waals surface area contributed by atoms with Crippen molar-refractivity contribution >= 4 is 5.78 Å². The molecular weight excluding hydrogens is 352 g/mol. The van der Waals surface area contributed by atoms with E-state index in [1.165, 1.54) is 0 Å². The Hall–Kier alpha value is -3.05. The van der Waals surface area contributed by atoms with E-state index in [4.69, 9.17) is 9.47 Å². The Morgan fingerprint density at radius 3 is 2.36 bits per heavy atom. The Labute approximate surface area is 165 Å². The summed E-state index contributed by atoms with van der Waals surface area (Å²) in [5.41, 5.74) is 3.84. The lowest BCUT2D eigenvalue weighted by molar-refractivity contribution is 0.0989. The fraction of sp³-hybridized carbons (Fsp3) is 0.261. The minimum absolute atomic E-state index is 0.0831. The van der Waals surface area contributed by atoms with Gasteiger partial charge in [0, 0.05) is 29.2 Å². The maximum absolute atomic E-state index is 12.6. The van der Waals surface area contributed by atoms with E-state index in [9.17, 15) is 4.79 Å². The quantitative estimate of drug-likeness (QED) is 0.452. The van der Waals surface area contributed by atoms with Gasteiger partial charge in [-0.05, 0) is 56.3 Å². The number of hydrogen-bond acceptors (Lipinski definition) is 4. The number of benzene rings is 2. The summed E-state index contributed by atoms with van der Waals surface area (Å²) in [5.74, 6) is 1.66. The molecule has 2 aromatic carbocycles. The molecule has 28 heavy (non-hydrogen) atoms.